The predicted octanol–water partition coefficient (Wildman–Crippen LogP) is 1.78. The second-order valence-electron chi connectivity index (χ2n) is 4.97. The molecule has 1 aliphatic rings. The van der Waals surface area contributed by atoms with E-state index in [4.69, 9.17) is 0 Å². The van der Waals surface area contributed by atoms with Crippen molar-refractivity contribution in [3.63, 3.8) is 0 Å². The van der Waals surface area contributed by atoms with Gasteiger partial charge in [0, 0.05) is 43.8 Å². The standard InChI is InChI=1S/C14H16F2N2O3/c1-18-4-3-8(5-12(18)19)14(20)17-9-6-10(15)13(21-2)11(16)7-9/h6-8H,3-5H2,1-2H3,(H,17,20). The van der Waals surface area contributed by atoms with Gasteiger partial charge in [0.05, 0.1) is 7.11 Å². The molecule has 0 bridgehead atoms. The molecule has 2 amide bonds. The Kier molecular flexibility index (Phi) is 4.40. The van der Waals surface area contributed by atoms with Crippen molar-refractivity contribution in [1.82, 2.24) is 4.90 Å². The van der Waals surface area contributed by atoms with E-state index in [0.29, 0.717) is 13.0 Å². The van der Waals surface area contributed by atoms with Crippen LogP contribution in [0, 0.1) is 17.6 Å². The van der Waals surface area contributed by atoms with Gasteiger partial charge in [0.2, 0.25) is 11.8 Å². The van der Waals surface area contributed by atoms with Crippen LogP contribution >= 0.6 is 0 Å². The van der Waals surface area contributed by atoms with Gasteiger partial charge in [-0.25, -0.2) is 8.78 Å². The number of nitrogens with one attached hydrogen (secondary N) is 1. The summed E-state index contributed by atoms with van der Waals surface area (Å²) in [5.41, 5.74) is 0.00202. The van der Waals surface area contributed by atoms with E-state index in [2.05, 4.69) is 10.1 Å². The van der Waals surface area contributed by atoms with E-state index >= 15 is 0 Å². The summed E-state index contributed by atoms with van der Waals surface area (Å²) < 4.78 is 31.6. The highest BCUT2D eigenvalue weighted by atomic mass is 19.1. The number of methoxy groups -OCH3 is 1. The number of piperidine rings is 1. The van der Waals surface area contributed by atoms with Gasteiger partial charge in [-0.05, 0) is 6.42 Å². The largest absolute Gasteiger partial charge is 0.491 e. The van der Waals surface area contributed by atoms with Crippen molar-refractivity contribution in [2.45, 2.75) is 12.8 Å². The Bertz CT molecular complexity index is 554. The quantitative estimate of drug-likeness (QED) is 0.925. The van der Waals surface area contributed by atoms with Crippen LogP contribution in [0.15, 0.2) is 12.1 Å². The van der Waals surface area contributed by atoms with Crippen molar-refractivity contribution in [2.75, 3.05) is 26.0 Å². The molecule has 1 unspecified atom stereocenters. The smallest absolute Gasteiger partial charge is 0.228 e. The van der Waals surface area contributed by atoms with E-state index in [1.807, 2.05) is 0 Å². The number of likely N-dealkylation sites (tertiary alicyclic amines) is 1. The molecule has 0 saturated carbocycles. The Morgan fingerprint density at radius 1 is 1.38 bits per heavy atom. The number of halogens is 2. The van der Waals surface area contributed by atoms with Crippen molar-refractivity contribution >= 4 is 17.5 Å². The monoisotopic (exact) mass is 298 g/mol. The summed E-state index contributed by atoms with van der Waals surface area (Å²) in [5, 5.41) is 2.43. The maximum atomic E-state index is 13.5. The minimum atomic E-state index is -0.896. The number of rotatable bonds is 3. The van der Waals surface area contributed by atoms with Crippen LogP contribution in [0.4, 0.5) is 14.5 Å². The average molecular weight is 298 g/mol. The molecular formula is C14H16F2N2O3. The van der Waals surface area contributed by atoms with Crippen LogP contribution in [0.3, 0.4) is 0 Å². The number of nitrogens with zero attached hydrogens (tertiary/aromatic N) is 1. The van der Waals surface area contributed by atoms with E-state index in [1.165, 1.54) is 0 Å². The molecule has 7 heteroatoms. The molecule has 0 aromatic heterocycles. The summed E-state index contributed by atoms with van der Waals surface area (Å²) in [4.78, 5) is 25.2. The Morgan fingerprint density at radius 2 is 2.00 bits per heavy atom. The maximum absolute atomic E-state index is 13.5. The molecule has 114 valence electrons. The van der Waals surface area contributed by atoms with Crippen molar-refractivity contribution in [2.24, 2.45) is 5.92 Å². The van der Waals surface area contributed by atoms with Crippen LogP contribution in [0.1, 0.15) is 12.8 Å². The zero-order valence-electron chi connectivity index (χ0n) is 11.8. The molecule has 21 heavy (non-hydrogen) atoms. The van der Waals surface area contributed by atoms with Crippen molar-refractivity contribution in [3.05, 3.63) is 23.8 Å². The fraction of sp³-hybridized carbons (Fsp3) is 0.429. The number of carbonyl (C=O) groups is 2. The Balaban J connectivity index is 2.08. The number of carbonyl (C=O) groups excluding carboxylic acids is 2. The molecule has 1 aromatic rings. The number of anilines is 1. The molecule has 1 saturated heterocycles. The summed E-state index contributed by atoms with van der Waals surface area (Å²) in [7, 11) is 2.83. The second-order valence-corrected chi connectivity index (χ2v) is 4.97. The van der Waals surface area contributed by atoms with Gasteiger partial charge < -0.3 is 15.0 Å². The third-order valence-electron chi connectivity index (χ3n) is 3.50. The fourth-order valence-corrected chi connectivity index (χ4v) is 2.24. The van der Waals surface area contributed by atoms with Gasteiger partial charge in [-0.1, -0.05) is 0 Å². The number of hydrogen-bond acceptors (Lipinski definition) is 3. The fourth-order valence-electron chi connectivity index (χ4n) is 2.24. The van der Waals surface area contributed by atoms with E-state index in [0.717, 1.165) is 19.2 Å². The normalized spacial score (nSPS) is 18.6. The molecule has 0 radical (unpaired) electrons. The lowest BCUT2D eigenvalue weighted by atomic mass is 9.95. The van der Waals surface area contributed by atoms with Crippen LogP contribution in [-0.2, 0) is 9.59 Å². The lowest BCUT2D eigenvalue weighted by Crippen LogP contribution is -2.39. The molecule has 5 nitrogen and oxygen atoms in total. The van der Waals surface area contributed by atoms with Crippen LogP contribution in [0.5, 0.6) is 5.75 Å². The highest BCUT2D eigenvalue weighted by molar-refractivity contribution is 5.95. The number of amides is 2. The van der Waals surface area contributed by atoms with Crippen LogP contribution in [0.25, 0.3) is 0 Å². The lowest BCUT2D eigenvalue weighted by Gasteiger charge is -2.27. The molecule has 0 spiro atoms. The highest BCUT2D eigenvalue weighted by Gasteiger charge is 2.28. The second kappa shape index (κ2) is 6.07. The summed E-state index contributed by atoms with van der Waals surface area (Å²) in [6.07, 6.45) is 0.624. The lowest BCUT2D eigenvalue weighted by molar-refractivity contribution is -0.137. The molecule has 1 atom stereocenters. The van der Waals surface area contributed by atoms with Gasteiger partial charge in [-0.2, -0.15) is 0 Å². The zero-order valence-corrected chi connectivity index (χ0v) is 11.8. The SMILES string of the molecule is COc1c(F)cc(NC(=O)C2CCN(C)C(=O)C2)cc1F. The van der Waals surface area contributed by atoms with E-state index < -0.39 is 29.2 Å². The molecule has 1 fully saturated rings. The zero-order chi connectivity index (χ0) is 15.6. The number of hydrogen-bond donors (Lipinski definition) is 1. The molecule has 0 aliphatic carbocycles. The third kappa shape index (κ3) is 3.29. The molecule has 1 N–H and O–H groups in total. The van der Waals surface area contributed by atoms with Gasteiger partial charge in [0.15, 0.2) is 17.4 Å². The van der Waals surface area contributed by atoms with E-state index in [9.17, 15) is 18.4 Å². The first kappa shape index (κ1) is 15.2. The van der Waals surface area contributed by atoms with Gasteiger partial charge in [0.25, 0.3) is 0 Å². The predicted molar refractivity (Wildman–Crippen MR) is 71.9 cm³/mol. The molecule has 1 aromatic carbocycles. The van der Waals surface area contributed by atoms with Crippen LogP contribution < -0.4 is 10.1 Å². The minimum absolute atomic E-state index is 0.00202. The molecule has 1 heterocycles. The summed E-state index contributed by atoms with van der Waals surface area (Å²) in [5.74, 6) is -3.31. The first-order valence-electron chi connectivity index (χ1n) is 6.50. The first-order valence-corrected chi connectivity index (χ1v) is 6.50. The number of benzene rings is 1. The van der Waals surface area contributed by atoms with Crippen molar-refractivity contribution in [1.29, 1.82) is 0 Å². The molecule has 2 rings (SSSR count). The molecule has 1 aliphatic heterocycles. The van der Waals surface area contributed by atoms with Crippen LogP contribution in [-0.4, -0.2) is 37.4 Å². The van der Waals surface area contributed by atoms with E-state index in [-0.39, 0.29) is 18.0 Å². The van der Waals surface area contributed by atoms with Crippen molar-refractivity contribution < 1.29 is 23.1 Å². The van der Waals surface area contributed by atoms with Gasteiger partial charge >= 0.3 is 0 Å². The van der Waals surface area contributed by atoms with Crippen LogP contribution in [0.2, 0.25) is 0 Å². The average Bonchev–Trinajstić information content (AvgIpc) is 2.41. The third-order valence-corrected chi connectivity index (χ3v) is 3.50. The summed E-state index contributed by atoms with van der Waals surface area (Å²) in [6.45, 7) is 0.488. The maximum Gasteiger partial charge on any atom is 0.228 e. The Hall–Kier alpha value is -2.18. The molecular weight excluding hydrogens is 282 g/mol. The van der Waals surface area contributed by atoms with E-state index in [1.54, 1.807) is 11.9 Å². The minimum Gasteiger partial charge on any atom is -0.491 e. The Labute approximate surface area is 120 Å². The highest BCUT2D eigenvalue weighted by Crippen LogP contribution is 2.26. The number of ether oxygens (including phenoxy) is 1. The summed E-state index contributed by atoms with van der Waals surface area (Å²) >= 11 is 0. The van der Waals surface area contributed by atoms with Crippen molar-refractivity contribution in [3.8, 4) is 5.75 Å². The van der Waals surface area contributed by atoms with Gasteiger partial charge in [-0.3, -0.25) is 9.59 Å². The first-order chi connectivity index (χ1) is 9.92. The summed E-state index contributed by atoms with van der Waals surface area (Å²) in [6, 6.07) is 1.97. The Morgan fingerprint density at radius 3 is 2.52 bits per heavy atom. The van der Waals surface area contributed by atoms with Gasteiger partial charge in [0.1, 0.15) is 0 Å². The van der Waals surface area contributed by atoms with Gasteiger partial charge in [-0.15, -0.1) is 0 Å². The topological polar surface area (TPSA) is 58.6 Å².